The number of benzene rings is 1. The Kier molecular flexibility index (Phi) is 7.53. The Morgan fingerprint density at radius 1 is 1.32 bits per heavy atom. The van der Waals surface area contributed by atoms with Gasteiger partial charge in [0.1, 0.15) is 12.3 Å². The van der Waals surface area contributed by atoms with Crippen LogP contribution in [0.3, 0.4) is 0 Å². The number of hydrogen-bond acceptors (Lipinski definition) is 3. The topological polar surface area (TPSA) is 66.0 Å². The number of aliphatic imine (C=N–C) groups is 1. The largest absolute Gasteiger partial charge is 0.493 e. The third-order valence-electron chi connectivity index (χ3n) is 4.31. The molecule has 28 heavy (non-hydrogen) atoms. The Morgan fingerprint density at radius 2 is 2.04 bits per heavy atom. The van der Waals surface area contributed by atoms with Crippen LogP contribution in [0.4, 0.5) is 13.2 Å². The molecule has 2 rings (SSSR count). The van der Waals surface area contributed by atoms with Crippen molar-refractivity contribution in [3.63, 3.8) is 0 Å². The zero-order valence-corrected chi connectivity index (χ0v) is 16.4. The molecule has 0 saturated heterocycles. The molecule has 0 heterocycles. The van der Waals surface area contributed by atoms with Gasteiger partial charge in [-0.3, -0.25) is 9.79 Å². The number of likely N-dealkylation sites (N-methyl/N-ethyl adjacent to an activating group) is 1. The van der Waals surface area contributed by atoms with E-state index in [9.17, 15) is 18.0 Å². The van der Waals surface area contributed by atoms with Gasteiger partial charge in [-0.05, 0) is 37.3 Å². The van der Waals surface area contributed by atoms with Gasteiger partial charge >= 0.3 is 6.18 Å². The van der Waals surface area contributed by atoms with Crippen LogP contribution in [-0.2, 0) is 11.3 Å². The van der Waals surface area contributed by atoms with Gasteiger partial charge in [0.15, 0.2) is 5.96 Å². The highest BCUT2D eigenvalue weighted by molar-refractivity contribution is 5.86. The van der Waals surface area contributed by atoms with Crippen molar-refractivity contribution < 1.29 is 22.7 Å². The van der Waals surface area contributed by atoms with Gasteiger partial charge < -0.3 is 20.3 Å². The molecule has 1 amide bonds. The normalized spacial score (nSPS) is 14.6. The molecule has 0 bridgehead atoms. The number of aryl methyl sites for hydroxylation is 1. The molecule has 1 saturated carbocycles. The minimum Gasteiger partial charge on any atom is -0.493 e. The summed E-state index contributed by atoms with van der Waals surface area (Å²) < 4.78 is 43.0. The molecule has 0 atom stereocenters. The van der Waals surface area contributed by atoms with Crippen LogP contribution in [-0.4, -0.2) is 56.7 Å². The summed E-state index contributed by atoms with van der Waals surface area (Å²) in [5.74, 6) is 1.08. The van der Waals surface area contributed by atoms with Crippen LogP contribution in [0, 0.1) is 12.8 Å². The van der Waals surface area contributed by atoms with Crippen LogP contribution in [0.25, 0.3) is 0 Å². The summed E-state index contributed by atoms with van der Waals surface area (Å²) in [4.78, 5) is 16.5. The molecule has 1 fully saturated rings. The van der Waals surface area contributed by atoms with E-state index >= 15 is 0 Å². The Bertz CT molecular complexity index is 703. The average Bonchev–Trinajstić information content (AvgIpc) is 3.44. The van der Waals surface area contributed by atoms with Crippen molar-refractivity contribution in [3.05, 3.63) is 29.3 Å². The van der Waals surface area contributed by atoms with Gasteiger partial charge in [0.2, 0.25) is 5.91 Å². The van der Waals surface area contributed by atoms with Gasteiger partial charge in [0.05, 0.1) is 13.2 Å². The van der Waals surface area contributed by atoms with E-state index in [-0.39, 0.29) is 6.54 Å². The van der Waals surface area contributed by atoms with Crippen molar-refractivity contribution >= 4 is 11.9 Å². The standard InChI is InChI=1S/C19H27F3N4O2/c1-13-4-7-15(16(8-13)28-11-14-5-6-14)9-24-18(23-2)25-10-17(27)26(3)12-19(20,21)22/h4,7-8,14H,5-6,9-12H2,1-3H3,(H2,23,24,25). The molecule has 6 nitrogen and oxygen atoms in total. The Balaban J connectivity index is 1.85. The maximum absolute atomic E-state index is 12.4. The number of rotatable bonds is 8. The quantitative estimate of drug-likeness (QED) is 0.520. The van der Waals surface area contributed by atoms with Crippen molar-refractivity contribution in [2.24, 2.45) is 10.9 Å². The van der Waals surface area contributed by atoms with Crippen molar-refractivity contribution in [3.8, 4) is 5.75 Å². The lowest BCUT2D eigenvalue weighted by Gasteiger charge is -2.20. The minimum atomic E-state index is -4.42. The lowest BCUT2D eigenvalue weighted by atomic mass is 10.1. The van der Waals surface area contributed by atoms with Crippen molar-refractivity contribution in [2.45, 2.75) is 32.5 Å². The molecular formula is C19H27F3N4O2. The van der Waals surface area contributed by atoms with Crippen LogP contribution in [0.5, 0.6) is 5.75 Å². The number of halogens is 3. The van der Waals surface area contributed by atoms with Gasteiger partial charge in [-0.15, -0.1) is 0 Å². The first kappa shape index (κ1) is 21.8. The number of alkyl halides is 3. The monoisotopic (exact) mass is 400 g/mol. The van der Waals surface area contributed by atoms with E-state index < -0.39 is 18.6 Å². The number of guanidine groups is 1. The molecule has 1 aliphatic carbocycles. The maximum atomic E-state index is 12.4. The van der Waals surface area contributed by atoms with Crippen LogP contribution in [0.2, 0.25) is 0 Å². The molecule has 0 spiro atoms. The molecule has 0 unspecified atom stereocenters. The molecule has 9 heteroatoms. The smallest absolute Gasteiger partial charge is 0.406 e. The Hall–Kier alpha value is -2.45. The summed E-state index contributed by atoms with van der Waals surface area (Å²) >= 11 is 0. The average molecular weight is 400 g/mol. The minimum absolute atomic E-state index is 0.287. The van der Waals surface area contributed by atoms with Crippen molar-refractivity contribution in [2.75, 3.05) is 33.8 Å². The van der Waals surface area contributed by atoms with Crippen LogP contribution >= 0.6 is 0 Å². The third-order valence-corrected chi connectivity index (χ3v) is 4.31. The first-order valence-corrected chi connectivity index (χ1v) is 9.15. The lowest BCUT2D eigenvalue weighted by molar-refractivity contribution is -0.157. The number of nitrogens with zero attached hydrogens (tertiary/aromatic N) is 2. The third kappa shape index (κ3) is 7.66. The highest BCUT2D eigenvalue weighted by Gasteiger charge is 2.31. The number of ether oxygens (including phenoxy) is 1. The molecule has 2 N–H and O–H groups in total. The molecular weight excluding hydrogens is 373 g/mol. The van der Waals surface area contributed by atoms with E-state index in [2.05, 4.69) is 15.6 Å². The first-order chi connectivity index (χ1) is 13.2. The summed E-state index contributed by atoms with van der Waals surface area (Å²) in [6.07, 6.45) is -2.02. The Morgan fingerprint density at radius 3 is 2.64 bits per heavy atom. The fraction of sp³-hybridized carbons (Fsp3) is 0.579. The second-order valence-corrected chi connectivity index (χ2v) is 7.01. The fourth-order valence-electron chi connectivity index (χ4n) is 2.49. The van der Waals surface area contributed by atoms with Crippen LogP contribution in [0.1, 0.15) is 24.0 Å². The lowest BCUT2D eigenvalue weighted by Crippen LogP contribution is -2.45. The predicted molar refractivity (Wildman–Crippen MR) is 101 cm³/mol. The van der Waals surface area contributed by atoms with E-state index in [1.807, 2.05) is 25.1 Å². The first-order valence-electron chi connectivity index (χ1n) is 9.15. The molecule has 0 aromatic heterocycles. The van der Waals surface area contributed by atoms with E-state index in [4.69, 9.17) is 4.74 Å². The second-order valence-electron chi connectivity index (χ2n) is 7.01. The molecule has 1 aliphatic rings. The number of carbonyl (C=O) groups excluding carboxylic acids is 1. The predicted octanol–water partition coefficient (Wildman–Crippen LogP) is 2.47. The summed E-state index contributed by atoms with van der Waals surface area (Å²) in [6.45, 7) is 1.52. The van der Waals surface area contributed by atoms with E-state index in [1.54, 1.807) is 0 Å². The molecule has 0 aliphatic heterocycles. The summed E-state index contributed by atoms with van der Waals surface area (Å²) in [5.41, 5.74) is 2.03. The molecule has 1 aromatic carbocycles. The van der Waals surface area contributed by atoms with E-state index in [0.29, 0.717) is 29.9 Å². The van der Waals surface area contributed by atoms with Crippen LogP contribution < -0.4 is 15.4 Å². The molecule has 1 aromatic rings. The molecule has 0 radical (unpaired) electrons. The van der Waals surface area contributed by atoms with E-state index in [1.165, 1.54) is 19.9 Å². The SMILES string of the molecule is CN=C(NCC(=O)N(C)CC(F)(F)F)NCc1ccc(C)cc1OCC1CC1. The Labute approximate surface area is 163 Å². The maximum Gasteiger partial charge on any atom is 0.406 e. The second kappa shape index (κ2) is 9.66. The van der Waals surface area contributed by atoms with E-state index in [0.717, 1.165) is 23.9 Å². The number of nitrogens with one attached hydrogen (secondary N) is 2. The number of carbonyl (C=O) groups is 1. The van der Waals surface area contributed by atoms with Gasteiger partial charge in [0, 0.05) is 26.2 Å². The van der Waals surface area contributed by atoms with Gasteiger partial charge in [-0.2, -0.15) is 13.2 Å². The summed E-state index contributed by atoms with van der Waals surface area (Å²) in [6, 6.07) is 5.91. The number of hydrogen-bond donors (Lipinski definition) is 2. The van der Waals surface area contributed by atoms with Gasteiger partial charge in [-0.1, -0.05) is 12.1 Å². The van der Waals surface area contributed by atoms with Crippen LogP contribution in [0.15, 0.2) is 23.2 Å². The highest BCUT2D eigenvalue weighted by Crippen LogP contribution is 2.30. The van der Waals surface area contributed by atoms with Gasteiger partial charge in [-0.25, -0.2) is 0 Å². The number of amides is 1. The van der Waals surface area contributed by atoms with Crippen molar-refractivity contribution in [1.29, 1.82) is 0 Å². The summed E-state index contributed by atoms with van der Waals surface area (Å²) in [7, 11) is 2.64. The summed E-state index contributed by atoms with van der Waals surface area (Å²) in [5, 5.41) is 5.79. The highest BCUT2D eigenvalue weighted by atomic mass is 19.4. The zero-order valence-electron chi connectivity index (χ0n) is 16.4. The zero-order chi connectivity index (χ0) is 20.7. The van der Waals surface area contributed by atoms with Crippen molar-refractivity contribution in [1.82, 2.24) is 15.5 Å². The fourth-order valence-corrected chi connectivity index (χ4v) is 2.49. The van der Waals surface area contributed by atoms with Gasteiger partial charge in [0.25, 0.3) is 0 Å². The molecule has 156 valence electrons.